The van der Waals surface area contributed by atoms with E-state index in [9.17, 15) is 20.0 Å². The second kappa shape index (κ2) is 5.64. The number of nitro groups is 1. The van der Waals surface area contributed by atoms with Crippen molar-refractivity contribution >= 4 is 23.2 Å². The van der Waals surface area contributed by atoms with Crippen LogP contribution in [0.2, 0.25) is 5.02 Å². The number of nitrogens with zero attached hydrogens (tertiary/aromatic N) is 2. The molecule has 1 atom stereocenters. The zero-order valence-corrected chi connectivity index (χ0v) is 12.7. The first kappa shape index (κ1) is 15.5. The lowest BCUT2D eigenvalue weighted by molar-refractivity contribution is -0.498. The number of carbonyl (C=O) groups is 1. The van der Waals surface area contributed by atoms with E-state index < -0.39 is 23.0 Å². The van der Waals surface area contributed by atoms with Crippen LogP contribution >= 0.6 is 11.6 Å². The van der Waals surface area contributed by atoms with Crippen LogP contribution < -0.4 is 4.90 Å². The summed E-state index contributed by atoms with van der Waals surface area (Å²) in [5.74, 6) is -0.713. The van der Waals surface area contributed by atoms with Gasteiger partial charge in [0.05, 0.1) is 12.2 Å². The normalized spacial score (nSPS) is 19.7. The molecule has 1 N–H and O–H groups in total. The number of fused-ring (bicyclic) bond motifs is 1. The van der Waals surface area contributed by atoms with Crippen LogP contribution in [0.3, 0.4) is 0 Å². The van der Waals surface area contributed by atoms with Crippen molar-refractivity contribution in [1.29, 1.82) is 0 Å². The molecule has 1 unspecified atom stereocenters. The lowest BCUT2D eigenvalue weighted by Gasteiger charge is -2.20. The molecular formula is C16H13ClN2O4. The van der Waals surface area contributed by atoms with Crippen LogP contribution in [-0.4, -0.2) is 22.5 Å². The third-order valence-corrected chi connectivity index (χ3v) is 4.07. The fraction of sp³-hybridized carbons (Fsp3) is 0.188. The fourth-order valence-corrected chi connectivity index (χ4v) is 2.96. The van der Waals surface area contributed by atoms with Crippen molar-refractivity contribution in [3.05, 3.63) is 74.8 Å². The predicted molar refractivity (Wildman–Crippen MR) is 84.8 cm³/mol. The molecule has 0 aliphatic carbocycles. The highest BCUT2D eigenvalue weighted by Crippen LogP contribution is 2.42. The summed E-state index contributed by atoms with van der Waals surface area (Å²) in [6.07, 6.45) is 0. The lowest BCUT2D eigenvalue weighted by atomic mass is 9.95. The van der Waals surface area contributed by atoms with E-state index in [2.05, 4.69) is 0 Å². The Hall–Kier alpha value is -2.44. The predicted octanol–water partition coefficient (Wildman–Crippen LogP) is 2.35. The van der Waals surface area contributed by atoms with Crippen molar-refractivity contribution < 1.29 is 14.8 Å². The maximum atomic E-state index is 12.7. The monoisotopic (exact) mass is 332 g/mol. The smallest absolute Gasteiger partial charge is 0.271 e. The van der Waals surface area contributed by atoms with E-state index in [1.54, 1.807) is 12.1 Å². The van der Waals surface area contributed by atoms with Crippen molar-refractivity contribution in [3.8, 4) is 0 Å². The molecule has 0 aromatic heterocycles. The Kier molecular flexibility index (Phi) is 3.79. The van der Waals surface area contributed by atoms with Crippen LogP contribution in [-0.2, 0) is 16.9 Å². The highest BCUT2D eigenvalue weighted by molar-refractivity contribution is 6.31. The van der Waals surface area contributed by atoms with E-state index >= 15 is 0 Å². The van der Waals surface area contributed by atoms with Crippen LogP contribution in [0, 0.1) is 10.1 Å². The molecule has 0 spiro atoms. The van der Waals surface area contributed by atoms with Gasteiger partial charge in [0.2, 0.25) is 12.1 Å². The van der Waals surface area contributed by atoms with Gasteiger partial charge in [-0.3, -0.25) is 14.9 Å². The average molecular weight is 333 g/mol. The average Bonchev–Trinajstić information content (AvgIpc) is 2.70. The van der Waals surface area contributed by atoms with Crippen LogP contribution in [0.15, 0.2) is 48.5 Å². The molecule has 0 radical (unpaired) electrons. The number of hydrogen-bond donors (Lipinski definition) is 1. The lowest BCUT2D eigenvalue weighted by Crippen LogP contribution is -2.44. The summed E-state index contributed by atoms with van der Waals surface area (Å²) in [5, 5.41) is 21.9. The molecule has 1 amide bonds. The standard InChI is InChI=1S/C16H13ClN2O4/c17-12-6-7-14-13(8-12)16(21,10-19(22)23)15(20)18(14)9-11-4-2-1-3-5-11/h1-8,21H,9-10H2. The van der Waals surface area contributed by atoms with Crippen molar-refractivity contribution in [1.82, 2.24) is 0 Å². The van der Waals surface area contributed by atoms with Crippen molar-refractivity contribution in [2.45, 2.75) is 12.1 Å². The van der Waals surface area contributed by atoms with Crippen molar-refractivity contribution in [2.24, 2.45) is 0 Å². The molecule has 0 saturated heterocycles. The number of aliphatic hydroxyl groups is 1. The van der Waals surface area contributed by atoms with E-state index in [1.165, 1.54) is 11.0 Å². The molecule has 7 heteroatoms. The summed E-state index contributed by atoms with van der Waals surface area (Å²) < 4.78 is 0. The summed E-state index contributed by atoms with van der Waals surface area (Å²) in [6.45, 7) is -0.682. The molecule has 23 heavy (non-hydrogen) atoms. The Bertz CT molecular complexity index is 781. The van der Waals surface area contributed by atoms with E-state index in [1.807, 2.05) is 30.3 Å². The second-order valence-corrected chi connectivity index (χ2v) is 5.83. The Balaban J connectivity index is 2.06. The van der Waals surface area contributed by atoms with E-state index in [-0.39, 0.29) is 12.1 Å². The van der Waals surface area contributed by atoms with Crippen molar-refractivity contribution in [3.63, 3.8) is 0 Å². The van der Waals surface area contributed by atoms with Gasteiger partial charge >= 0.3 is 0 Å². The fourth-order valence-electron chi connectivity index (χ4n) is 2.79. The van der Waals surface area contributed by atoms with Gasteiger partial charge in [-0.15, -0.1) is 0 Å². The maximum absolute atomic E-state index is 12.7. The Morgan fingerprint density at radius 3 is 2.57 bits per heavy atom. The zero-order valence-electron chi connectivity index (χ0n) is 12.0. The summed E-state index contributed by atoms with van der Waals surface area (Å²) in [5.41, 5.74) is -0.735. The molecule has 1 aliphatic heterocycles. The number of rotatable bonds is 4. The van der Waals surface area contributed by atoms with Gasteiger partial charge in [0, 0.05) is 15.5 Å². The summed E-state index contributed by atoms with van der Waals surface area (Å²) >= 11 is 5.93. The summed E-state index contributed by atoms with van der Waals surface area (Å²) in [4.78, 5) is 24.2. The van der Waals surface area contributed by atoms with Gasteiger partial charge in [0.1, 0.15) is 0 Å². The van der Waals surface area contributed by atoms with Gasteiger partial charge in [-0.05, 0) is 23.8 Å². The number of amides is 1. The van der Waals surface area contributed by atoms with E-state index in [0.717, 1.165) is 5.56 Å². The van der Waals surface area contributed by atoms with Crippen LogP contribution in [0.1, 0.15) is 11.1 Å². The van der Waals surface area contributed by atoms with Gasteiger partial charge in [0.25, 0.3) is 5.91 Å². The van der Waals surface area contributed by atoms with Crippen molar-refractivity contribution in [2.75, 3.05) is 11.4 Å². The Morgan fingerprint density at radius 1 is 1.22 bits per heavy atom. The second-order valence-electron chi connectivity index (χ2n) is 5.39. The number of carbonyl (C=O) groups excluding carboxylic acids is 1. The minimum Gasteiger partial charge on any atom is -0.370 e. The molecular weight excluding hydrogens is 320 g/mol. The number of benzene rings is 2. The van der Waals surface area contributed by atoms with Crippen LogP contribution in [0.25, 0.3) is 0 Å². The summed E-state index contributed by atoms with van der Waals surface area (Å²) in [7, 11) is 0. The molecule has 2 aromatic carbocycles. The molecule has 2 aromatic rings. The topological polar surface area (TPSA) is 83.7 Å². The molecule has 0 saturated carbocycles. The molecule has 0 fully saturated rings. The third-order valence-electron chi connectivity index (χ3n) is 3.84. The molecule has 3 rings (SSSR count). The SMILES string of the molecule is O=C1N(Cc2ccccc2)c2ccc(Cl)cc2C1(O)C[N+](=O)[O-]. The molecule has 0 bridgehead atoms. The highest BCUT2D eigenvalue weighted by atomic mass is 35.5. The van der Waals surface area contributed by atoms with Gasteiger partial charge in [-0.1, -0.05) is 41.9 Å². The first-order chi connectivity index (χ1) is 10.9. The Morgan fingerprint density at radius 2 is 1.91 bits per heavy atom. The number of halogens is 1. The van der Waals surface area contributed by atoms with Crippen LogP contribution in [0.5, 0.6) is 0 Å². The molecule has 1 aliphatic rings. The summed E-state index contributed by atoms with van der Waals surface area (Å²) in [6, 6.07) is 13.8. The van der Waals surface area contributed by atoms with E-state index in [4.69, 9.17) is 11.6 Å². The first-order valence-electron chi connectivity index (χ1n) is 6.92. The third kappa shape index (κ3) is 2.67. The largest absolute Gasteiger partial charge is 0.370 e. The van der Waals surface area contributed by atoms with E-state index in [0.29, 0.717) is 10.7 Å². The highest BCUT2D eigenvalue weighted by Gasteiger charge is 2.53. The minimum atomic E-state index is -2.20. The van der Waals surface area contributed by atoms with Gasteiger partial charge in [-0.2, -0.15) is 0 Å². The van der Waals surface area contributed by atoms with Gasteiger partial charge in [-0.25, -0.2) is 0 Å². The molecule has 1 heterocycles. The van der Waals surface area contributed by atoms with Gasteiger partial charge in [0.15, 0.2) is 0 Å². The molecule has 6 nitrogen and oxygen atoms in total. The minimum absolute atomic E-state index is 0.169. The van der Waals surface area contributed by atoms with Gasteiger partial charge < -0.3 is 10.0 Å². The number of hydrogen-bond acceptors (Lipinski definition) is 4. The maximum Gasteiger partial charge on any atom is 0.271 e. The quantitative estimate of drug-likeness (QED) is 0.688. The van der Waals surface area contributed by atoms with Crippen LogP contribution in [0.4, 0.5) is 5.69 Å². The Labute approximate surface area is 137 Å². The molecule has 118 valence electrons. The number of anilines is 1. The first-order valence-corrected chi connectivity index (χ1v) is 7.30. The zero-order chi connectivity index (χ0) is 16.6.